The van der Waals surface area contributed by atoms with Crippen LogP contribution in [0, 0.1) is 0 Å². The maximum absolute atomic E-state index is 12.9. The summed E-state index contributed by atoms with van der Waals surface area (Å²) in [6, 6.07) is 12.4. The molecule has 160 valence electrons. The van der Waals surface area contributed by atoms with E-state index in [0.29, 0.717) is 22.0 Å². The first-order valence-corrected chi connectivity index (χ1v) is 10.1. The number of hydrogen-bond acceptors (Lipinski definition) is 6. The molecule has 5 nitrogen and oxygen atoms in total. The van der Waals surface area contributed by atoms with Gasteiger partial charge in [0.05, 0.1) is 11.3 Å². The SMILES string of the molecule is CN=C(SC)/C(=N/OC)c1ccccc1CO/N=C(\C)c1cccc(C(F)(F)F)c1. The van der Waals surface area contributed by atoms with Crippen molar-refractivity contribution in [2.24, 2.45) is 15.3 Å². The monoisotopic (exact) mass is 437 g/mol. The molecule has 0 aliphatic carbocycles. The molecule has 9 heteroatoms. The summed E-state index contributed by atoms with van der Waals surface area (Å²) < 4.78 is 38.7. The third-order valence-electron chi connectivity index (χ3n) is 4.08. The highest BCUT2D eigenvalue weighted by molar-refractivity contribution is 8.15. The second-order valence-electron chi connectivity index (χ2n) is 6.04. The quantitative estimate of drug-likeness (QED) is 0.332. The van der Waals surface area contributed by atoms with E-state index < -0.39 is 11.7 Å². The van der Waals surface area contributed by atoms with E-state index in [1.54, 1.807) is 20.0 Å². The zero-order valence-corrected chi connectivity index (χ0v) is 17.8. The van der Waals surface area contributed by atoms with E-state index in [-0.39, 0.29) is 6.61 Å². The number of thioether (sulfide) groups is 1. The van der Waals surface area contributed by atoms with Crippen molar-refractivity contribution in [2.75, 3.05) is 20.4 Å². The molecule has 0 saturated heterocycles. The second-order valence-corrected chi connectivity index (χ2v) is 6.84. The minimum Gasteiger partial charge on any atom is -0.399 e. The van der Waals surface area contributed by atoms with Crippen LogP contribution >= 0.6 is 11.8 Å². The maximum atomic E-state index is 12.9. The molecule has 2 rings (SSSR count). The van der Waals surface area contributed by atoms with Crippen LogP contribution in [-0.2, 0) is 22.5 Å². The van der Waals surface area contributed by atoms with E-state index in [1.165, 1.54) is 24.9 Å². The molecule has 2 aromatic carbocycles. The molecule has 0 fully saturated rings. The Hall–Kier alpha value is -2.81. The van der Waals surface area contributed by atoms with Crippen molar-refractivity contribution in [3.05, 3.63) is 70.8 Å². The van der Waals surface area contributed by atoms with Crippen LogP contribution in [0.15, 0.2) is 63.8 Å². The van der Waals surface area contributed by atoms with Crippen LogP contribution in [0.1, 0.15) is 29.2 Å². The van der Waals surface area contributed by atoms with Gasteiger partial charge in [-0.25, -0.2) is 0 Å². The van der Waals surface area contributed by atoms with Crippen molar-refractivity contribution in [2.45, 2.75) is 19.7 Å². The van der Waals surface area contributed by atoms with Crippen molar-refractivity contribution in [3.63, 3.8) is 0 Å². The maximum Gasteiger partial charge on any atom is 0.416 e. The van der Waals surface area contributed by atoms with Crippen molar-refractivity contribution < 1.29 is 22.8 Å². The molecule has 0 aliphatic heterocycles. The van der Waals surface area contributed by atoms with Crippen molar-refractivity contribution >= 4 is 28.2 Å². The first-order chi connectivity index (χ1) is 14.3. The molecule has 0 bridgehead atoms. The minimum absolute atomic E-state index is 0.0978. The average molecular weight is 437 g/mol. The molecule has 0 radical (unpaired) electrons. The van der Waals surface area contributed by atoms with Gasteiger partial charge < -0.3 is 9.68 Å². The molecule has 2 aromatic rings. The Bertz CT molecular complexity index is 957. The van der Waals surface area contributed by atoms with Gasteiger partial charge in [0.2, 0.25) is 0 Å². The lowest BCUT2D eigenvalue weighted by molar-refractivity contribution is -0.137. The Balaban J connectivity index is 2.24. The van der Waals surface area contributed by atoms with Gasteiger partial charge in [-0.3, -0.25) is 4.99 Å². The van der Waals surface area contributed by atoms with E-state index in [4.69, 9.17) is 9.68 Å². The molecule has 0 heterocycles. The van der Waals surface area contributed by atoms with Gasteiger partial charge in [0, 0.05) is 18.2 Å². The zero-order chi connectivity index (χ0) is 22.1. The number of alkyl halides is 3. The highest BCUT2D eigenvalue weighted by Gasteiger charge is 2.30. The Morgan fingerprint density at radius 3 is 2.43 bits per heavy atom. The largest absolute Gasteiger partial charge is 0.416 e. The van der Waals surface area contributed by atoms with Gasteiger partial charge in [-0.2, -0.15) is 13.2 Å². The Kier molecular flexibility index (Phi) is 8.46. The van der Waals surface area contributed by atoms with Gasteiger partial charge in [-0.1, -0.05) is 46.7 Å². The van der Waals surface area contributed by atoms with Crippen molar-refractivity contribution in [1.29, 1.82) is 0 Å². The Morgan fingerprint density at radius 2 is 1.80 bits per heavy atom. The fourth-order valence-corrected chi connectivity index (χ4v) is 3.16. The fraction of sp³-hybridized carbons (Fsp3) is 0.286. The molecule has 0 aliphatic rings. The smallest absolute Gasteiger partial charge is 0.399 e. The van der Waals surface area contributed by atoms with Crippen LogP contribution in [-0.4, -0.2) is 36.9 Å². The lowest BCUT2D eigenvalue weighted by Crippen LogP contribution is -2.15. The predicted octanol–water partition coefficient (Wildman–Crippen LogP) is 5.39. The van der Waals surface area contributed by atoms with Crippen LogP contribution in [0.2, 0.25) is 0 Å². The molecule has 0 atom stereocenters. The number of oxime groups is 2. The van der Waals surface area contributed by atoms with Crippen molar-refractivity contribution in [1.82, 2.24) is 0 Å². The summed E-state index contributed by atoms with van der Waals surface area (Å²) in [5, 5.41) is 8.76. The third kappa shape index (κ3) is 6.09. The van der Waals surface area contributed by atoms with Crippen LogP contribution in [0.5, 0.6) is 0 Å². The van der Waals surface area contributed by atoms with Gasteiger partial charge >= 0.3 is 6.18 Å². The third-order valence-corrected chi connectivity index (χ3v) is 4.85. The summed E-state index contributed by atoms with van der Waals surface area (Å²) >= 11 is 1.43. The number of aliphatic imine (C=N–C) groups is 1. The zero-order valence-electron chi connectivity index (χ0n) is 17.0. The first-order valence-electron chi connectivity index (χ1n) is 8.86. The van der Waals surface area contributed by atoms with Crippen LogP contribution < -0.4 is 0 Å². The average Bonchev–Trinajstić information content (AvgIpc) is 2.74. The molecular formula is C21H22F3N3O2S. The Morgan fingerprint density at radius 1 is 1.07 bits per heavy atom. The van der Waals surface area contributed by atoms with Gasteiger partial charge in [0.15, 0.2) is 0 Å². The van der Waals surface area contributed by atoms with E-state index in [9.17, 15) is 13.2 Å². The molecule has 0 spiro atoms. The molecular weight excluding hydrogens is 415 g/mol. The summed E-state index contributed by atoms with van der Waals surface area (Å²) in [6.45, 7) is 1.69. The fourth-order valence-electron chi connectivity index (χ4n) is 2.64. The highest BCUT2D eigenvalue weighted by atomic mass is 32.2. The highest BCUT2D eigenvalue weighted by Crippen LogP contribution is 2.29. The first kappa shape index (κ1) is 23.5. The summed E-state index contributed by atoms with van der Waals surface area (Å²) in [5.74, 6) is 0. The normalized spacial score (nSPS) is 13.4. The molecule has 30 heavy (non-hydrogen) atoms. The van der Waals surface area contributed by atoms with Gasteiger partial charge in [0.25, 0.3) is 0 Å². The van der Waals surface area contributed by atoms with Gasteiger partial charge in [0.1, 0.15) is 24.5 Å². The van der Waals surface area contributed by atoms with Gasteiger partial charge in [-0.05, 0) is 30.9 Å². The summed E-state index contributed by atoms with van der Waals surface area (Å²) in [7, 11) is 3.12. The summed E-state index contributed by atoms with van der Waals surface area (Å²) in [4.78, 5) is 14.6. The van der Waals surface area contributed by atoms with Crippen LogP contribution in [0.4, 0.5) is 13.2 Å². The van der Waals surface area contributed by atoms with E-state index in [2.05, 4.69) is 15.3 Å². The number of nitrogens with zero attached hydrogens (tertiary/aromatic N) is 3. The molecule has 0 unspecified atom stereocenters. The molecule has 0 N–H and O–H groups in total. The van der Waals surface area contributed by atoms with E-state index in [0.717, 1.165) is 23.3 Å². The van der Waals surface area contributed by atoms with E-state index in [1.807, 2.05) is 30.5 Å². The topological polar surface area (TPSA) is 55.5 Å². The summed E-state index contributed by atoms with van der Waals surface area (Å²) in [6.07, 6.45) is -2.53. The van der Waals surface area contributed by atoms with E-state index >= 15 is 0 Å². The summed E-state index contributed by atoms with van der Waals surface area (Å²) in [5.41, 5.74) is 2.05. The number of hydrogen-bond donors (Lipinski definition) is 0. The van der Waals surface area contributed by atoms with Gasteiger partial charge in [-0.15, -0.1) is 11.8 Å². The molecule has 0 aromatic heterocycles. The standard InChI is InChI=1S/C21H22F3N3O2S/c1-14(15-9-7-10-17(12-15)21(22,23)24)26-29-13-16-8-5-6-11-18(16)19(27-28-3)20(25-2)30-4/h5-12H,13H2,1-4H3/b25-20?,26-14+,27-19+. The number of rotatable bonds is 7. The molecule has 0 saturated carbocycles. The lowest BCUT2D eigenvalue weighted by atomic mass is 10.0. The van der Waals surface area contributed by atoms with Crippen molar-refractivity contribution in [3.8, 4) is 0 Å². The minimum atomic E-state index is -4.41. The lowest BCUT2D eigenvalue weighted by Gasteiger charge is -2.12. The number of halogens is 3. The Labute approximate surface area is 177 Å². The number of benzene rings is 2. The molecule has 0 amide bonds. The second kappa shape index (κ2) is 10.8. The van der Waals surface area contributed by atoms with Crippen LogP contribution in [0.25, 0.3) is 0 Å². The predicted molar refractivity (Wildman–Crippen MR) is 115 cm³/mol. The van der Waals surface area contributed by atoms with Crippen LogP contribution in [0.3, 0.4) is 0 Å².